The maximum absolute atomic E-state index is 13.0. The number of hydrogen-bond acceptors (Lipinski definition) is 3. The first-order valence-electron chi connectivity index (χ1n) is 9.24. The lowest BCUT2D eigenvalue weighted by Crippen LogP contribution is -2.87. The Morgan fingerprint density at radius 3 is 2.68 bits per heavy atom. The molecule has 1 aliphatic rings. The van der Waals surface area contributed by atoms with Gasteiger partial charge in [0.15, 0.2) is 6.54 Å². The Balaban J connectivity index is 1.54. The van der Waals surface area contributed by atoms with E-state index < -0.39 is 0 Å². The molecule has 0 unspecified atom stereocenters. The quantitative estimate of drug-likeness (QED) is 0.701. The highest BCUT2D eigenvalue weighted by molar-refractivity contribution is 7.10. The molecular weight excluding hydrogens is 370 g/mol. The van der Waals surface area contributed by atoms with Crippen LogP contribution in [0.2, 0.25) is 0 Å². The number of fused-ring (bicyclic) bond motifs is 1. The number of hydrogen-bond donors (Lipinski definition) is 2. The summed E-state index contributed by atoms with van der Waals surface area (Å²) in [4.78, 5) is 27.8. The molecule has 0 radical (unpaired) electrons. The number of thiophene rings is 1. The summed E-state index contributed by atoms with van der Waals surface area (Å²) in [5.41, 5.74) is 3.81. The van der Waals surface area contributed by atoms with E-state index in [9.17, 15) is 9.59 Å². The van der Waals surface area contributed by atoms with Crippen LogP contribution in [0.4, 0.5) is 11.4 Å². The third-order valence-electron chi connectivity index (χ3n) is 4.89. The Morgan fingerprint density at radius 1 is 1.14 bits per heavy atom. The van der Waals surface area contributed by atoms with Crippen molar-refractivity contribution >= 4 is 34.5 Å². The van der Waals surface area contributed by atoms with Crippen molar-refractivity contribution in [2.45, 2.75) is 13.0 Å². The number of aryl methyl sites for hydroxylation is 1. The molecule has 28 heavy (non-hydrogen) atoms. The molecule has 5 nitrogen and oxygen atoms in total. The summed E-state index contributed by atoms with van der Waals surface area (Å²) < 4.78 is 0. The lowest BCUT2D eigenvalue weighted by atomic mass is 10.0. The fourth-order valence-corrected chi connectivity index (χ4v) is 4.29. The van der Waals surface area contributed by atoms with E-state index in [1.165, 1.54) is 10.4 Å². The molecule has 0 aliphatic carbocycles. The van der Waals surface area contributed by atoms with Crippen molar-refractivity contribution in [1.82, 2.24) is 0 Å². The van der Waals surface area contributed by atoms with Gasteiger partial charge in [-0.25, -0.2) is 0 Å². The van der Waals surface area contributed by atoms with Gasteiger partial charge >= 0.3 is 0 Å². The van der Waals surface area contributed by atoms with Crippen LogP contribution in [-0.2, 0) is 9.59 Å². The van der Waals surface area contributed by atoms with Gasteiger partial charge in [-0.15, -0.1) is 11.3 Å². The van der Waals surface area contributed by atoms with Crippen LogP contribution in [0.25, 0.3) is 0 Å². The molecule has 0 saturated heterocycles. The second-order valence-corrected chi connectivity index (χ2v) is 7.87. The molecule has 0 bridgehead atoms. The van der Waals surface area contributed by atoms with Crippen molar-refractivity contribution in [3.63, 3.8) is 0 Å². The predicted molar refractivity (Wildman–Crippen MR) is 112 cm³/mol. The Morgan fingerprint density at radius 2 is 1.93 bits per heavy atom. The van der Waals surface area contributed by atoms with Crippen molar-refractivity contribution in [2.75, 3.05) is 23.3 Å². The average molecular weight is 393 g/mol. The van der Waals surface area contributed by atoms with E-state index in [4.69, 9.17) is 0 Å². The molecule has 1 aliphatic heterocycles. The van der Waals surface area contributed by atoms with Crippen LogP contribution in [-0.4, -0.2) is 24.9 Å². The van der Waals surface area contributed by atoms with Crippen molar-refractivity contribution in [1.29, 1.82) is 0 Å². The summed E-state index contributed by atoms with van der Waals surface area (Å²) >= 11 is 1.69. The van der Waals surface area contributed by atoms with Crippen LogP contribution >= 0.6 is 11.3 Å². The lowest BCUT2D eigenvalue weighted by molar-refractivity contribution is -0.676. The SMILES string of the molecule is Cc1ccc([C@H]([NH2+]CC(=O)N2CC(=O)Nc3ccccc32)c2cccs2)cc1. The Labute approximate surface area is 168 Å². The zero-order valence-electron chi connectivity index (χ0n) is 15.6. The Bertz CT molecular complexity index is 983. The van der Waals surface area contributed by atoms with Gasteiger partial charge in [-0.05, 0) is 30.5 Å². The molecule has 3 aromatic rings. The first-order chi connectivity index (χ1) is 13.6. The summed E-state index contributed by atoms with van der Waals surface area (Å²) in [5.74, 6) is -0.239. The number of carbonyl (C=O) groups excluding carboxylic acids is 2. The molecule has 3 N–H and O–H groups in total. The minimum absolute atomic E-state index is 0.0535. The van der Waals surface area contributed by atoms with Crippen LogP contribution < -0.4 is 15.5 Å². The van der Waals surface area contributed by atoms with Crippen LogP contribution in [0.15, 0.2) is 66.0 Å². The zero-order chi connectivity index (χ0) is 19.5. The number of anilines is 2. The molecule has 4 rings (SSSR count). The molecule has 0 spiro atoms. The Kier molecular flexibility index (Phi) is 5.23. The second-order valence-electron chi connectivity index (χ2n) is 6.89. The number of para-hydroxylation sites is 2. The van der Waals surface area contributed by atoms with E-state index in [1.807, 2.05) is 35.6 Å². The highest BCUT2D eigenvalue weighted by Crippen LogP contribution is 2.29. The summed E-state index contributed by atoms with van der Waals surface area (Å²) in [5, 5.41) is 6.92. The van der Waals surface area contributed by atoms with E-state index >= 15 is 0 Å². The molecule has 2 aromatic carbocycles. The first kappa shape index (κ1) is 18.4. The van der Waals surface area contributed by atoms with Gasteiger partial charge in [0.25, 0.3) is 5.91 Å². The van der Waals surface area contributed by atoms with E-state index in [2.05, 4.69) is 48.0 Å². The van der Waals surface area contributed by atoms with Gasteiger partial charge in [-0.1, -0.05) is 48.0 Å². The molecule has 0 saturated carbocycles. The summed E-state index contributed by atoms with van der Waals surface area (Å²) in [7, 11) is 0. The highest BCUT2D eigenvalue weighted by atomic mass is 32.1. The smallest absolute Gasteiger partial charge is 0.282 e. The van der Waals surface area contributed by atoms with Gasteiger partial charge in [0.05, 0.1) is 16.3 Å². The van der Waals surface area contributed by atoms with Crippen LogP contribution in [0.1, 0.15) is 22.0 Å². The van der Waals surface area contributed by atoms with Crippen LogP contribution in [0, 0.1) is 6.92 Å². The normalized spacial score (nSPS) is 14.3. The van der Waals surface area contributed by atoms with E-state index in [-0.39, 0.29) is 30.9 Å². The monoisotopic (exact) mass is 392 g/mol. The number of nitrogens with zero attached hydrogens (tertiary/aromatic N) is 1. The number of carbonyl (C=O) groups is 2. The van der Waals surface area contributed by atoms with Gasteiger partial charge < -0.3 is 10.6 Å². The van der Waals surface area contributed by atoms with Gasteiger partial charge in [-0.2, -0.15) is 0 Å². The molecule has 0 fully saturated rings. The molecule has 2 amide bonds. The van der Waals surface area contributed by atoms with Crippen LogP contribution in [0.5, 0.6) is 0 Å². The molecule has 142 valence electrons. The first-order valence-corrected chi connectivity index (χ1v) is 10.1. The van der Waals surface area contributed by atoms with Crippen molar-refractivity contribution in [3.05, 3.63) is 82.0 Å². The molecule has 2 heterocycles. The topological polar surface area (TPSA) is 66.0 Å². The van der Waals surface area contributed by atoms with Gasteiger partial charge in [0, 0.05) is 5.56 Å². The number of nitrogens with one attached hydrogen (secondary N) is 1. The van der Waals surface area contributed by atoms with Crippen molar-refractivity contribution in [2.24, 2.45) is 0 Å². The fourth-order valence-electron chi connectivity index (χ4n) is 3.44. The number of amides is 2. The minimum Gasteiger partial charge on any atom is -0.328 e. The molecule has 1 aromatic heterocycles. The van der Waals surface area contributed by atoms with E-state index in [1.54, 1.807) is 16.2 Å². The fraction of sp³-hybridized carbons (Fsp3) is 0.182. The number of benzene rings is 2. The number of quaternary nitrogens is 1. The average Bonchev–Trinajstić information content (AvgIpc) is 3.23. The lowest BCUT2D eigenvalue weighted by Gasteiger charge is -2.29. The summed E-state index contributed by atoms with van der Waals surface area (Å²) in [6, 6.07) is 20.0. The third kappa shape index (κ3) is 3.83. The van der Waals surface area contributed by atoms with Crippen LogP contribution in [0.3, 0.4) is 0 Å². The second kappa shape index (κ2) is 7.96. The van der Waals surface area contributed by atoms with Crippen molar-refractivity contribution in [3.8, 4) is 0 Å². The summed E-state index contributed by atoms with van der Waals surface area (Å²) in [6.45, 7) is 2.38. The maximum atomic E-state index is 13.0. The van der Waals surface area contributed by atoms with E-state index in [0.29, 0.717) is 5.69 Å². The van der Waals surface area contributed by atoms with Gasteiger partial charge in [-0.3, -0.25) is 14.5 Å². The predicted octanol–water partition coefficient (Wildman–Crippen LogP) is 2.69. The number of nitrogens with two attached hydrogens (primary N) is 1. The zero-order valence-corrected chi connectivity index (χ0v) is 16.4. The molecule has 1 atom stereocenters. The van der Waals surface area contributed by atoms with Gasteiger partial charge in [0.1, 0.15) is 12.6 Å². The maximum Gasteiger partial charge on any atom is 0.282 e. The Hall–Kier alpha value is -2.96. The molecule has 6 heteroatoms. The standard InChI is InChI=1S/C22H21N3O2S/c1-15-8-10-16(11-9-15)22(19-7-4-12-28-19)23-13-21(27)25-14-20(26)24-17-5-2-3-6-18(17)25/h2-12,22-23H,13-14H2,1H3,(H,24,26)/p+1/t22-/m0/s1. The third-order valence-corrected chi connectivity index (χ3v) is 5.84. The molecular formula is C22H22N3O2S+. The highest BCUT2D eigenvalue weighted by Gasteiger charge is 2.28. The van der Waals surface area contributed by atoms with Crippen molar-refractivity contribution < 1.29 is 14.9 Å². The van der Waals surface area contributed by atoms with Gasteiger partial charge in [0.2, 0.25) is 5.91 Å². The van der Waals surface area contributed by atoms with E-state index in [0.717, 1.165) is 11.3 Å². The number of rotatable bonds is 5. The summed E-state index contributed by atoms with van der Waals surface area (Å²) in [6.07, 6.45) is 0. The largest absolute Gasteiger partial charge is 0.328 e. The minimum atomic E-state index is -0.166.